The van der Waals surface area contributed by atoms with E-state index in [0.29, 0.717) is 5.82 Å². The summed E-state index contributed by atoms with van der Waals surface area (Å²) in [6.45, 7) is 0. The van der Waals surface area contributed by atoms with Crippen LogP contribution in [0.2, 0.25) is 0 Å². The van der Waals surface area contributed by atoms with E-state index in [1.807, 2.05) is 29.3 Å². The summed E-state index contributed by atoms with van der Waals surface area (Å²) in [6, 6.07) is 1.83. The first-order valence-electron chi connectivity index (χ1n) is 4.80. The number of aromatic nitrogens is 4. The number of hydrogen-bond donors (Lipinski definition) is 0. The van der Waals surface area contributed by atoms with Gasteiger partial charge in [0, 0.05) is 18.5 Å². The van der Waals surface area contributed by atoms with Crippen molar-refractivity contribution in [1.82, 2.24) is 19.5 Å². The summed E-state index contributed by atoms with van der Waals surface area (Å²) in [5.74, 6) is 1.42. The van der Waals surface area contributed by atoms with Gasteiger partial charge >= 0.3 is 0 Å². The molecule has 0 amide bonds. The zero-order valence-corrected chi connectivity index (χ0v) is 11.1. The normalized spacial score (nSPS) is 10.2. The van der Waals surface area contributed by atoms with Crippen molar-refractivity contribution in [2.75, 3.05) is 12.5 Å². The molecule has 2 rings (SSSR count). The zero-order chi connectivity index (χ0) is 12.1. The summed E-state index contributed by atoms with van der Waals surface area (Å²) in [6.07, 6.45) is 10.7. The van der Waals surface area contributed by atoms with Gasteiger partial charge in [-0.1, -0.05) is 0 Å². The number of nitrogens with zero attached hydrogens (tertiary/aromatic N) is 5. The molecule has 0 fully saturated rings. The lowest BCUT2D eigenvalue weighted by Gasteiger charge is -2.02. The lowest BCUT2D eigenvalue weighted by Crippen LogP contribution is -1.94. The fourth-order valence-electron chi connectivity index (χ4n) is 1.20. The van der Waals surface area contributed by atoms with Gasteiger partial charge in [-0.3, -0.25) is 4.57 Å². The second-order valence-electron chi connectivity index (χ2n) is 2.99. The second-order valence-corrected chi connectivity index (χ2v) is 4.84. The second kappa shape index (κ2) is 5.83. The summed E-state index contributed by atoms with van der Waals surface area (Å²) < 4.78 is 2.79. The first kappa shape index (κ1) is 12.1. The molecule has 0 unspecified atom stereocenters. The van der Waals surface area contributed by atoms with Crippen LogP contribution in [0.1, 0.15) is 0 Å². The van der Waals surface area contributed by atoms with Crippen molar-refractivity contribution in [3.05, 3.63) is 31.1 Å². The van der Waals surface area contributed by atoms with Crippen molar-refractivity contribution < 1.29 is 0 Å². The van der Waals surface area contributed by atoms with Crippen LogP contribution in [-0.2, 0) is 0 Å². The van der Waals surface area contributed by atoms with Crippen LogP contribution < -0.4 is 0 Å². The third-order valence-corrected chi connectivity index (χ3v) is 3.84. The van der Waals surface area contributed by atoms with E-state index >= 15 is 0 Å². The van der Waals surface area contributed by atoms with Gasteiger partial charge in [0.25, 0.3) is 0 Å². The molecule has 2 aromatic heterocycles. The molecular weight excluding hydrogens is 254 g/mol. The van der Waals surface area contributed by atoms with E-state index in [9.17, 15) is 0 Å². The smallest absolute Gasteiger partial charge is 0.159 e. The molecule has 88 valence electrons. The molecule has 0 saturated heterocycles. The third kappa shape index (κ3) is 3.07. The van der Waals surface area contributed by atoms with E-state index in [-0.39, 0.29) is 0 Å². The Morgan fingerprint density at radius 1 is 1.29 bits per heavy atom. The Kier molecular flexibility index (Phi) is 4.16. The largest absolute Gasteiger partial charge is 0.290 e. The van der Waals surface area contributed by atoms with Crippen molar-refractivity contribution >= 4 is 33.7 Å². The van der Waals surface area contributed by atoms with Crippen molar-refractivity contribution in [2.45, 2.75) is 0 Å². The Hall–Kier alpha value is -1.34. The molecule has 5 nitrogen and oxygen atoms in total. The van der Waals surface area contributed by atoms with Crippen LogP contribution in [0.3, 0.4) is 0 Å². The lowest BCUT2D eigenvalue weighted by atomic mass is 10.5. The van der Waals surface area contributed by atoms with E-state index in [0.717, 1.165) is 10.2 Å². The maximum atomic E-state index is 4.42. The van der Waals surface area contributed by atoms with E-state index < -0.39 is 0 Å². The minimum Gasteiger partial charge on any atom is -0.290 e. The molecule has 17 heavy (non-hydrogen) atoms. The third-order valence-electron chi connectivity index (χ3n) is 1.96. The number of thioether (sulfide) groups is 2. The molecule has 0 aromatic carbocycles. The maximum absolute atomic E-state index is 4.42. The number of rotatable bonds is 2. The van der Waals surface area contributed by atoms with Crippen LogP contribution in [0.4, 0.5) is 5.82 Å². The van der Waals surface area contributed by atoms with E-state index in [2.05, 4.69) is 19.9 Å². The minimum atomic E-state index is 0.655. The highest BCUT2D eigenvalue weighted by Crippen LogP contribution is 2.18. The van der Waals surface area contributed by atoms with Gasteiger partial charge in [-0.2, -0.15) is 0 Å². The standard InChI is InChI=1S/C10H11N5S2/c1-16-10(17-2)14-8-5-9(13-6-12-8)15-4-3-11-7-15/h3-7H,1-2H3. The van der Waals surface area contributed by atoms with Crippen molar-refractivity contribution in [2.24, 2.45) is 4.99 Å². The first-order valence-corrected chi connectivity index (χ1v) is 7.25. The molecule has 2 aromatic rings. The molecule has 0 N–H and O–H groups in total. The monoisotopic (exact) mass is 265 g/mol. The Morgan fingerprint density at radius 3 is 2.76 bits per heavy atom. The van der Waals surface area contributed by atoms with Gasteiger partial charge < -0.3 is 0 Å². The molecule has 7 heteroatoms. The Balaban J connectivity index is 2.32. The average molecular weight is 265 g/mol. The predicted molar refractivity (Wildman–Crippen MR) is 73.3 cm³/mol. The first-order chi connectivity index (χ1) is 8.33. The van der Waals surface area contributed by atoms with Crippen LogP contribution in [0.25, 0.3) is 5.82 Å². The van der Waals surface area contributed by atoms with Gasteiger partial charge in [-0.25, -0.2) is 19.9 Å². The summed E-state index contributed by atoms with van der Waals surface area (Å²) in [5, 5.41) is 0. The van der Waals surface area contributed by atoms with E-state index in [1.54, 1.807) is 36.0 Å². The SMILES string of the molecule is CSC(=Nc1cc(-n2ccnc2)ncn1)SC. The zero-order valence-electron chi connectivity index (χ0n) is 9.44. The minimum absolute atomic E-state index is 0.655. The Bertz CT molecular complexity index is 503. The average Bonchev–Trinajstić information content (AvgIpc) is 2.90. The molecule has 0 aliphatic heterocycles. The fraction of sp³-hybridized carbons (Fsp3) is 0.200. The quantitative estimate of drug-likeness (QED) is 0.616. The van der Waals surface area contributed by atoms with Crippen LogP contribution in [0.5, 0.6) is 0 Å². The highest BCUT2D eigenvalue weighted by Gasteiger charge is 2.01. The fourth-order valence-corrected chi connectivity index (χ4v) is 2.24. The predicted octanol–water partition coefficient (Wildman–Crippen LogP) is 2.38. The summed E-state index contributed by atoms with van der Waals surface area (Å²) in [7, 11) is 0. The molecule has 0 radical (unpaired) electrons. The summed E-state index contributed by atoms with van der Waals surface area (Å²) in [4.78, 5) is 16.7. The van der Waals surface area contributed by atoms with Gasteiger partial charge in [-0.15, -0.1) is 23.5 Å². The van der Waals surface area contributed by atoms with Crippen molar-refractivity contribution in [3.63, 3.8) is 0 Å². The molecule has 0 spiro atoms. The Morgan fingerprint density at radius 2 is 2.12 bits per heavy atom. The van der Waals surface area contributed by atoms with Crippen LogP contribution >= 0.6 is 23.5 Å². The van der Waals surface area contributed by atoms with Gasteiger partial charge in [0.1, 0.15) is 22.8 Å². The van der Waals surface area contributed by atoms with Gasteiger partial charge in [0.15, 0.2) is 5.82 Å². The van der Waals surface area contributed by atoms with Gasteiger partial charge in [0.2, 0.25) is 0 Å². The number of aliphatic imine (C=N–C) groups is 1. The van der Waals surface area contributed by atoms with Crippen LogP contribution in [0, 0.1) is 0 Å². The Labute approximate surface area is 108 Å². The maximum Gasteiger partial charge on any atom is 0.159 e. The van der Waals surface area contributed by atoms with E-state index in [4.69, 9.17) is 0 Å². The molecule has 0 aliphatic carbocycles. The molecule has 0 aliphatic rings. The summed E-state index contributed by atoms with van der Waals surface area (Å²) in [5.41, 5.74) is 0. The van der Waals surface area contributed by atoms with E-state index in [1.165, 1.54) is 6.33 Å². The highest BCUT2D eigenvalue weighted by atomic mass is 32.2. The molecular formula is C10H11N5S2. The molecule has 0 atom stereocenters. The molecule has 0 bridgehead atoms. The number of hydrogen-bond acceptors (Lipinski definition) is 6. The lowest BCUT2D eigenvalue weighted by molar-refractivity contribution is 0.970. The van der Waals surface area contributed by atoms with Crippen LogP contribution in [-0.4, -0.2) is 36.4 Å². The topological polar surface area (TPSA) is 56.0 Å². The molecule has 0 saturated carbocycles. The van der Waals surface area contributed by atoms with Gasteiger partial charge in [0.05, 0.1) is 0 Å². The van der Waals surface area contributed by atoms with Crippen molar-refractivity contribution in [1.29, 1.82) is 0 Å². The summed E-state index contributed by atoms with van der Waals surface area (Å²) >= 11 is 3.20. The highest BCUT2D eigenvalue weighted by molar-refractivity contribution is 8.38. The molecule has 2 heterocycles. The number of imidazole rings is 1. The van der Waals surface area contributed by atoms with Gasteiger partial charge in [-0.05, 0) is 12.5 Å². The van der Waals surface area contributed by atoms with Crippen LogP contribution in [0.15, 0.2) is 36.1 Å². The van der Waals surface area contributed by atoms with Crippen molar-refractivity contribution in [3.8, 4) is 5.82 Å².